The predicted molar refractivity (Wildman–Crippen MR) is 78.7 cm³/mol. The zero-order chi connectivity index (χ0) is 13.7. The Morgan fingerprint density at radius 1 is 1.32 bits per heavy atom. The first-order valence-electron chi connectivity index (χ1n) is 7.11. The summed E-state index contributed by atoms with van der Waals surface area (Å²) in [5.41, 5.74) is 2.73. The van der Waals surface area contributed by atoms with E-state index in [1.807, 2.05) is 13.8 Å². The Morgan fingerprint density at radius 2 is 2.05 bits per heavy atom. The molecule has 0 saturated carbocycles. The summed E-state index contributed by atoms with van der Waals surface area (Å²) in [6.45, 7) is 8.15. The zero-order valence-electron chi connectivity index (χ0n) is 11.9. The summed E-state index contributed by atoms with van der Waals surface area (Å²) in [6.07, 6.45) is 1.11. The van der Waals surface area contributed by atoms with Crippen LogP contribution in [0.5, 0.6) is 0 Å². The molecule has 1 heterocycles. The maximum absolute atomic E-state index is 11.8. The average Bonchev–Trinajstić information content (AvgIpc) is 2.84. The Morgan fingerprint density at radius 3 is 2.79 bits per heavy atom. The summed E-state index contributed by atoms with van der Waals surface area (Å²) in [7, 11) is 0. The molecule has 1 aromatic rings. The molecule has 4 nitrogen and oxygen atoms in total. The molecule has 0 atom stereocenters. The number of carbonyl (C=O) groups excluding carboxylic acids is 1. The number of nitrogens with zero attached hydrogens (tertiary/aromatic N) is 2. The Balaban J connectivity index is 1.80. The van der Waals surface area contributed by atoms with Crippen molar-refractivity contribution in [3.05, 3.63) is 29.8 Å². The third kappa shape index (κ3) is 3.19. The van der Waals surface area contributed by atoms with Crippen molar-refractivity contribution < 1.29 is 4.79 Å². The Kier molecular flexibility index (Phi) is 4.66. The number of urea groups is 1. The monoisotopic (exact) mass is 261 g/mol. The van der Waals surface area contributed by atoms with Crippen LogP contribution in [0.3, 0.4) is 0 Å². The molecule has 19 heavy (non-hydrogen) atoms. The van der Waals surface area contributed by atoms with Gasteiger partial charge < -0.3 is 15.1 Å². The van der Waals surface area contributed by atoms with Gasteiger partial charge in [-0.3, -0.25) is 0 Å². The van der Waals surface area contributed by atoms with Crippen LogP contribution in [0, 0.1) is 0 Å². The summed E-state index contributed by atoms with van der Waals surface area (Å²) >= 11 is 0. The fraction of sp³-hybridized carbons (Fsp3) is 0.533. The number of fused-ring (bicyclic) bond motifs is 1. The summed E-state index contributed by atoms with van der Waals surface area (Å²) in [6, 6.07) is 8.55. The van der Waals surface area contributed by atoms with Crippen LogP contribution in [0.15, 0.2) is 24.3 Å². The molecule has 0 radical (unpaired) electrons. The zero-order valence-corrected chi connectivity index (χ0v) is 11.9. The first kappa shape index (κ1) is 13.7. The minimum atomic E-state index is 0.0393. The van der Waals surface area contributed by atoms with E-state index in [0.29, 0.717) is 6.54 Å². The topological polar surface area (TPSA) is 35.6 Å². The Labute approximate surface area is 115 Å². The van der Waals surface area contributed by atoms with E-state index in [1.54, 1.807) is 4.90 Å². The van der Waals surface area contributed by atoms with Crippen molar-refractivity contribution in [1.29, 1.82) is 0 Å². The maximum atomic E-state index is 11.8. The lowest BCUT2D eigenvalue weighted by Gasteiger charge is -2.22. The summed E-state index contributed by atoms with van der Waals surface area (Å²) in [5.74, 6) is 0. The highest BCUT2D eigenvalue weighted by molar-refractivity contribution is 5.74. The molecule has 1 aliphatic heterocycles. The van der Waals surface area contributed by atoms with Gasteiger partial charge in [-0.05, 0) is 31.9 Å². The lowest BCUT2D eigenvalue weighted by molar-refractivity contribution is 0.203. The predicted octanol–water partition coefficient (Wildman–Crippen LogP) is 2.10. The lowest BCUT2D eigenvalue weighted by atomic mass is 10.2. The third-order valence-corrected chi connectivity index (χ3v) is 3.69. The number of hydrogen-bond acceptors (Lipinski definition) is 2. The summed E-state index contributed by atoms with van der Waals surface area (Å²) < 4.78 is 0. The number of nitrogens with one attached hydrogen (secondary N) is 1. The van der Waals surface area contributed by atoms with Crippen molar-refractivity contribution in [3.8, 4) is 0 Å². The van der Waals surface area contributed by atoms with E-state index >= 15 is 0 Å². The second kappa shape index (κ2) is 6.45. The number of anilines is 1. The highest BCUT2D eigenvalue weighted by Crippen LogP contribution is 2.26. The van der Waals surface area contributed by atoms with Gasteiger partial charge in [-0.15, -0.1) is 0 Å². The molecule has 0 bridgehead atoms. The number of hydrogen-bond donors (Lipinski definition) is 1. The normalized spacial score (nSPS) is 13.3. The fourth-order valence-electron chi connectivity index (χ4n) is 2.56. The van der Waals surface area contributed by atoms with Gasteiger partial charge >= 0.3 is 6.03 Å². The van der Waals surface area contributed by atoms with Crippen LogP contribution in [0.2, 0.25) is 0 Å². The number of para-hydroxylation sites is 1. The van der Waals surface area contributed by atoms with Crippen LogP contribution in [0.4, 0.5) is 10.5 Å². The van der Waals surface area contributed by atoms with E-state index in [2.05, 4.69) is 34.5 Å². The first-order valence-corrected chi connectivity index (χ1v) is 7.11. The van der Waals surface area contributed by atoms with Crippen LogP contribution in [0.25, 0.3) is 0 Å². The molecular formula is C15H23N3O. The Hall–Kier alpha value is -1.71. The minimum absolute atomic E-state index is 0.0393. The van der Waals surface area contributed by atoms with Crippen LogP contribution in [0.1, 0.15) is 19.4 Å². The highest BCUT2D eigenvalue weighted by atomic mass is 16.2. The summed E-state index contributed by atoms with van der Waals surface area (Å²) in [4.78, 5) is 16.0. The van der Waals surface area contributed by atoms with Crippen molar-refractivity contribution in [2.45, 2.75) is 20.3 Å². The van der Waals surface area contributed by atoms with Gasteiger partial charge in [0.1, 0.15) is 0 Å². The molecule has 104 valence electrons. The largest absolute Gasteiger partial charge is 0.369 e. The van der Waals surface area contributed by atoms with E-state index in [4.69, 9.17) is 0 Å². The van der Waals surface area contributed by atoms with Crippen molar-refractivity contribution in [1.82, 2.24) is 10.2 Å². The number of amides is 2. The number of carbonyl (C=O) groups is 1. The molecular weight excluding hydrogens is 238 g/mol. The Bertz CT molecular complexity index is 429. The maximum Gasteiger partial charge on any atom is 0.317 e. The molecule has 0 aliphatic carbocycles. The van der Waals surface area contributed by atoms with Crippen LogP contribution >= 0.6 is 0 Å². The SMILES string of the molecule is CCN(CC)C(=O)NCCN1CCc2ccccc21. The van der Waals surface area contributed by atoms with E-state index in [0.717, 1.165) is 32.6 Å². The lowest BCUT2D eigenvalue weighted by Crippen LogP contribution is -2.42. The molecule has 0 spiro atoms. The number of benzene rings is 1. The van der Waals surface area contributed by atoms with E-state index < -0.39 is 0 Å². The molecule has 2 amide bonds. The van der Waals surface area contributed by atoms with Crippen molar-refractivity contribution in [2.24, 2.45) is 0 Å². The quantitative estimate of drug-likeness (QED) is 0.881. The fourth-order valence-corrected chi connectivity index (χ4v) is 2.56. The van der Waals surface area contributed by atoms with Crippen molar-refractivity contribution >= 4 is 11.7 Å². The molecule has 1 aromatic carbocycles. The van der Waals surface area contributed by atoms with Gasteiger partial charge in [0.15, 0.2) is 0 Å². The van der Waals surface area contributed by atoms with Crippen LogP contribution in [-0.4, -0.2) is 43.7 Å². The van der Waals surface area contributed by atoms with Crippen molar-refractivity contribution in [2.75, 3.05) is 37.6 Å². The molecule has 0 aromatic heterocycles. The molecule has 1 N–H and O–H groups in total. The number of rotatable bonds is 5. The van der Waals surface area contributed by atoms with E-state index in [9.17, 15) is 4.79 Å². The van der Waals surface area contributed by atoms with Gasteiger partial charge in [-0.1, -0.05) is 18.2 Å². The highest BCUT2D eigenvalue weighted by Gasteiger charge is 2.18. The smallest absolute Gasteiger partial charge is 0.317 e. The van der Waals surface area contributed by atoms with Gasteiger partial charge in [-0.25, -0.2) is 4.79 Å². The molecule has 0 unspecified atom stereocenters. The van der Waals surface area contributed by atoms with Crippen LogP contribution in [-0.2, 0) is 6.42 Å². The molecule has 0 saturated heterocycles. The second-order valence-electron chi connectivity index (χ2n) is 4.77. The summed E-state index contributed by atoms with van der Waals surface area (Å²) in [5, 5.41) is 2.99. The standard InChI is InChI=1S/C15H23N3O/c1-3-17(4-2)15(19)16-10-12-18-11-9-13-7-5-6-8-14(13)18/h5-8H,3-4,9-12H2,1-2H3,(H,16,19). The van der Waals surface area contributed by atoms with E-state index in [1.165, 1.54) is 11.3 Å². The van der Waals surface area contributed by atoms with Gasteiger partial charge in [-0.2, -0.15) is 0 Å². The van der Waals surface area contributed by atoms with Gasteiger partial charge in [0, 0.05) is 38.4 Å². The van der Waals surface area contributed by atoms with Gasteiger partial charge in [0.25, 0.3) is 0 Å². The molecule has 2 rings (SSSR count). The molecule has 1 aliphatic rings. The molecule has 0 fully saturated rings. The average molecular weight is 261 g/mol. The third-order valence-electron chi connectivity index (χ3n) is 3.69. The molecule has 4 heteroatoms. The minimum Gasteiger partial charge on any atom is -0.369 e. The van der Waals surface area contributed by atoms with Gasteiger partial charge in [0.05, 0.1) is 0 Å². The van der Waals surface area contributed by atoms with Gasteiger partial charge in [0.2, 0.25) is 0 Å². The van der Waals surface area contributed by atoms with Crippen molar-refractivity contribution in [3.63, 3.8) is 0 Å². The van der Waals surface area contributed by atoms with E-state index in [-0.39, 0.29) is 6.03 Å². The second-order valence-corrected chi connectivity index (χ2v) is 4.77. The van der Waals surface area contributed by atoms with Crippen LogP contribution < -0.4 is 10.2 Å². The first-order chi connectivity index (χ1) is 9.26.